The molecule has 0 unspecified atom stereocenters. The first-order valence-corrected chi connectivity index (χ1v) is 5.82. The molecule has 0 saturated heterocycles. The molecule has 1 heterocycles. The first-order chi connectivity index (χ1) is 8.65. The summed E-state index contributed by atoms with van der Waals surface area (Å²) in [6.45, 7) is 0. The minimum absolute atomic E-state index is 0.155. The Kier molecular flexibility index (Phi) is 3.72. The molecular weight excluding hydrogens is 232 g/mol. The van der Waals surface area contributed by atoms with Crippen LogP contribution in [0.4, 0.5) is 0 Å². The Morgan fingerprint density at radius 3 is 2.78 bits per heavy atom. The van der Waals surface area contributed by atoms with E-state index in [1.165, 1.54) is 18.5 Å². The summed E-state index contributed by atoms with van der Waals surface area (Å²) in [5.74, 6) is -1.18. The van der Waals surface area contributed by atoms with E-state index >= 15 is 0 Å². The van der Waals surface area contributed by atoms with Gasteiger partial charge >= 0.3 is 5.97 Å². The summed E-state index contributed by atoms with van der Waals surface area (Å²) < 4.78 is 0. The molecule has 1 aliphatic carbocycles. The molecule has 5 heteroatoms. The van der Waals surface area contributed by atoms with E-state index in [0.717, 1.165) is 25.3 Å². The van der Waals surface area contributed by atoms with Crippen LogP contribution in [-0.4, -0.2) is 28.0 Å². The monoisotopic (exact) mass is 246 g/mol. The smallest absolute Gasteiger partial charge is 0.328 e. The fourth-order valence-corrected chi connectivity index (χ4v) is 1.66. The van der Waals surface area contributed by atoms with Gasteiger partial charge in [0.05, 0.1) is 5.56 Å². The van der Waals surface area contributed by atoms with Gasteiger partial charge in [0.15, 0.2) is 0 Å². The molecule has 18 heavy (non-hydrogen) atoms. The van der Waals surface area contributed by atoms with Crippen LogP contribution in [0.25, 0.3) is 6.08 Å². The highest BCUT2D eigenvalue weighted by atomic mass is 16.4. The minimum Gasteiger partial charge on any atom is -0.478 e. The summed E-state index contributed by atoms with van der Waals surface area (Å²) in [4.78, 5) is 26.2. The third-order valence-electron chi connectivity index (χ3n) is 2.88. The van der Waals surface area contributed by atoms with Gasteiger partial charge in [-0.05, 0) is 37.0 Å². The van der Waals surface area contributed by atoms with Crippen molar-refractivity contribution in [3.63, 3.8) is 0 Å². The highest BCUT2D eigenvalue weighted by Crippen LogP contribution is 2.18. The normalized spacial score (nSPS) is 15.3. The van der Waals surface area contributed by atoms with Crippen LogP contribution in [0.2, 0.25) is 0 Å². The fraction of sp³-hybridized carbons (Fsp3) is 0.308. The van der Waals surface area contributed by atoms with E-state index in [2.05, 4.69) is 10.3 Å². The quantitative estimate of drug-likeness (QED) is 0.788. The lowest BCUT2D eigenvalue weighted by Crippen LogP contribution is -2.39. The maximum Gasteiger partial charge on any atom is 0.328 e. The maximum atomic E-state index is 11.8. The number of hydrogen-bond acceptors (Lipinski definition) is 3. The summed E-state index contributed by atoms with van der Waals surface area (Å²) >= 11 is 0. The Balaban J connectivity index is 2.05. The van der Waals surface area contributed by atoms with Crippen molar-refractivity contribution in [2.24, 2.45) is 0 Å². The lowest BCUT2D eigenvalue weighted by atomic mass is 9.93. The van der Waals surface area contributed by atoms with Crippen LogP contribution in [0.5, 0.6) is 0 Å². The highest BCUT2D eigenvalue weighted by molar-refractivity contribution is 5.95. The van der Waals surface area contributed by atoms with Crippen molar-refractivity contribution in [1.82, 2.24) is 10.3 Å². The van der Waals surface area contributed by atoms with Crippen molar-refractivity contribution in [3.05, 3.63) is 35.7 Å². The number of hydrogen-bond donors (Lipinski definition) is 2. The molecule has 1 aromatic heterocycles. The molecule has 0 aliphatic heterocycles. The molecule has 1 fully saturated rings. The van der Waals surface area contributed by atoms with Crippen LogP contribution < -0.4 is 5.32 Å². The zero-order chi connectivity index (χ0) is 13.0. The number of carbonyl (C=O) groups excluding carboxylic acids is 1. The van der Waals surface area contributed by atoms with Crippen LogP contribution >= 0.6 is 0 Å². The third kappa shape index (κ3) is 3.16. The topological polar surface area (TPSA) is 79.3 Å². The van der Waals surface area contributed by atoms with Crippen LogP contribution in [0.3, 0.4) is 0 Å². The molecule has 1 saturated carbocycles. The number of pyridine rings is 1. The van der Waals surface area contributed by atoms with E-state index in [-0.39, 0.29) is 11.9 Å². The largest absolute Gasteiger partial charge is 0.478 e. The van der Waals surface area contributed by atoms with E-state index in [9.17, 15) is 9.59 Å². The number of aliphatic carboxylic acids is 1. The SMILES string of the molecule is O=C(O)C=Cc1cncc(C(=O)NC2CCC2)c1. The van der Waals surface area contributed by atoms with E-state index in [1.807, 2.05) is 0 Å². The molecule has 2 N–H and O–H groups in total. The van der Waals surface area contributed by atoms with Crippen LogP contribution in [0.1, 0.15) is 35.2 Å². The number of nitrogens with one attached hydrogen (secondary N) is 1. The number of aromatic nitrogens is 1. The molecule has 2 rings (SSSR count). The molecule has 94 valence electrons. The molecule has 1 aliphatic rings. The second-order valence-corrected chi connectivity index (χ2v) is 4.28. The van der Waals surface area contributed by atoms with Crippen molar-refractivity contribution in [2.75, 3.05) is 0 Å². The Morgan fingerprint density at radius 2 is 2.17 bits per heavy atom. The van der Waals surface area contributed by atoms with Gasteiger partial charge in [0.2, 0.25) is 0 Å². The fourth-order valence-electron chi connectivity index (χ4n) is 1.66. The van der Waals surface area contributed by atoms with Gasteiger partial charge in [0, 0.05) is 24.5 Å². The van der Waals surface area contributed by atoms with Gasteiger partial charge in [0.1, 0.15) is 0 Å². The molecular formula is C13H14N2O3. The number of nitrogens with zero attached hydrogens (tertiary/aromatic N) is 1. The average Bonchev–Trinajstić information content (AvgIpc) is 2.31. The van der Waals surface area contributed by atoms with Crippen LogP contribution in [0.15, 0.2) is 24.5 Å². The van der Waals surface area contributed by atoms with E-state index in [1.54, 1.807) is 6.07 Å². The van der Waals surface area contributed by atoms with Gasteiger partial charge in [-0.15, -0.1) is 0 Å². The number of rotatable bonds is 4. The summed E-state index contributed by atoms with van der Waals surface area (Å²) in [6, 6.07) is 1.90. The molecule has 0 atom stereocenters. The molecule has 1 amide bonds. The van der Waals surface area contributed by atoms with Crippen LogP contribution in [0, 0.1) is 0 Å². The maximum absolute atomic E-state index is 11.8. The van der Waals surface area contributed by atoms with E-state index in [4.69, 9.17) is 5.11 Å². The minimum atomic E-state index is -1.03. The van der Waals surface area contributed by atoms with E-state index in [0.29, 0.717) is 11.1 Å². The number of amides is 1. The Hall–Kier alpha value is -2.17. The van der Waals surface area contributed by atoms with Crippen molar-refractivity contribution >= 4 is 18.0 Å². The Morgan fingerprint density at radius 1 is 1.39 bits per heavy atom. The third-order valence-corrected chi connectivity index (χ3v) is 2.88. The molecule has 0 spiro atoms. The standard InChI is InChI=1S/C13H14N2O3/c16-12(17)5-4-9-6-10(8-14-7-9)13(18)15-11-2-1-3-11/h4-8,11H,1-3H2,(H,15,18)(H,16,17). The highest BCUT2D eigenvalue weighted by Gasteiger charge is 2.20. The summed E-state index contributed by atoms with van der Waals surface area (Å²) in [7, 11) is 0. The summed E-state index contributed by atoms with van der Waals surface area (Å²) in [5, 5.41) is 11.4. The van der Waals surface area contributed by atoms with E-state index < -0.39 is 5.97 Å². The lowest BCUT2D eigenvalue weighted by molar-refractivity contribution is -0.131. The van der Waals surface area contributed by atoms with Crippen LogP contribution in [-0.2, 0) is 4.79 Å². The lowest BCUT2D eigenvalue weighted by Gasteiger charge is -2.26. The Labute approximate surface area is 105 Å². The first kappa shape index (κ1) is 12.3. The van der Waals surface area contributed by atoms with Gasteiger partial charge in [-0.25, -0.2) is 4.79 Å². The van der Waals surface area contributed by atoms with Crippen molar-refractivity contribution in [3.8, 4) is 0 Å². The predicted molar refractivity (Wildman–Crippen MR) is 66.0 cm³/mol. The van der Waals surface area contributed by atoms with Gasteiger partial charge in [-0.2, -0.15) is 0 Å². The molecule has 0 radical (unpaired) electrons. The summed E-state index contributed by atoms with van der Waals surface area (Å²) in [5.41, 5.74) is 1.05. The summed E-state index contributed by atoms with van der Waals surface area (Å²) in [6.07, 6.45) is 8.63. The van der Waals surface area contributed by atoms with Gasteiger partial charge in [-0.1, -0.05) is 0 Å². The Bertz CT molecular complexity index is 493. The number of carboxylic acids is 1. The average molecular weight is 246 g/mol. The van der Waals surface area contributed by atoms with Gasteiger partial charge < -0.3 is 10.4 Å². The van der Waals surface area contributed by atoms with Crippen molar-refractivity contribution in [2.45, 2.75) is 25.3 Å². The molecule has 1 aromatic rings. The predicted octanol–water partition coefficient (Wildman–Crippen LogP) is 1.46. The second kappa shape index (κ2) is 5.44. The van der Waals surface area contributed by atoms with Crippen molar-refractivity contribution in [1.29, 1.82) is 0 Å². The molecule has 0 aromatic carbocycles. The van der Waals surface area contributed by atoms with Gasteiger partial charge in [0.25, 0.3) is 5.91 Å². The number of carboxylic acid groups (broad SMARTS) is 1. The first-order valence-electron chi connectivity index (χ1n) is 5.82. The number of carbonyl (C=O) groups is 2. The zero-order valence-corrected chi connectivity index (χ0v) is 9.80. The molecule has 0 bridgehead atoms. The van der Waals surface area contributed by atoms with Gasteiger partial charge in [-0.3, -0.25) is 9.78 Å². The molecule has 5 nitrogen and oxygen atoms in total. The second-order valence-electron chi connectivity index (χ2n) is 4.28. The zero-order valence-electron chi connectivity index (χ0n) is 9.80. The van der Waals surface area contributed by atoms with Crippen molar-refractivity contribution < 1.29 is 14.7 Å².